The number of hydrogen-bond donors (Lipinski definition) is 0. The molecule has 1 aromatic carbocycles. The maximum atomic E-state index is 9.15. The minimum atomic E-state index is 0.0585. The van der Waals surface area contributed by atoms with Crippen LogP contribution in [0, 0.1) is 23.2 Å². The lowest BCUT2D eigenvalue weighted by atomic mass is 9.97. The molecule has 0 aliphatic carbocycles. The summed E-state index contributed by atoms with van der Waals surface area (Å²) in [5, 5.41) is 9.15. The van der Waals surface area contributed by atoms with Gasteiger partial charge in [-0.05, 0) is 31.2 Å². The number of halogens is 1. The standard InChI is InChI=1S/C15H21BrN2O/c1-11(2)13(8-17)10-18(3)9-12-7-14(16)5-6-15(12)19-4/h5-7,11,13H,9-10H2,1-4H3. The highest BCUT2D eigenvalue weighted by Crippen LogP contribution is 2.24. The fourth-order valence-electron chi connectivity index (χ4n) is 1.96. The molecule has 1 atom stereocenters. The third-order valence-electron chi connectivity index (χ3n) is 3.16. The van der Waals surface area contributed by atoms with Crippen molar-refractivity contribution in [2.24, 2.45) is 11.8 Å². The molecule has 1 unspecified atom stereocenters. The van der Waals surface area contributed by atoms with E-state index in [1.54, 1.807) is 7.11 Å². The second-order valence-corrected chi connectivity index (χ2v) is 6.05. The van der Waals surface area contributed by atoms with E-state index in [0.29, 0.717) is 5.92 Å². The number of hydrogen-bond acceptors (Lipinski definition) is 3. The van der Waals surface area contributed by atoms with Crippen LogP contribution in [0.25, 0.3) is 0 Å². The van der Waals surface area contributed by atoms with Crippen molar-refractivity contribution in [1.29, 1.82) is 5.26 Å². The van der Waals surface area contributed by atoms with Gasteiger partial charge in [-0.15, -0.1) is 0 Å². The molecule has 0 heterocycles. The minimum absolute atomic E-state index is 0.0585. The number of methoxy groups -OCH3 is 1. The highest BCUT2D eigenvalue weighted by molar-refractivity contribution is 9.10. The quantitative estimate of drug-likeness (QED) is 0.800. The van der Waals surface area contributed by atoms with E-state index in [1.165, 1.54) is 0 Å². The van der Waals surface area contributed by atoms with Gasteiger partial charge in [-0.2, -0.15) is 5.26 Å². The normalized spacial score (nSPS) is 12.5. The number of rotatable bonds is 6. The molecule has 0 aromatic heterocycles. The summed E-state index contributed by atoms with van der Waals surface area (Å²) < 4.78 is 6.41. The number of ether oxygens (including phenoxy) is 1. The third kappa shape index (κ3) is 4.85. The van der Waals surface area contributed by atoms with Gasteiger partial charge in [-0.3, -0.25) is 0 Å². The van der Waals surface area contributed by atoms with Crippen LogP contribution in [0.4, 0.5) is 0 Å². The van der Waals surface area contributed by atoms with Crippen LogP contribution in [-0.4, -0.2) is 25.6 Å². The maximum Gasteiger partial charge on any atom is 0.123 e. The number of nitrogens with zero attached hydrogens (tertiary/aromatic N) is 2. The van der Waals surface area contributed by atoms with E-state index in [2.05, 4.69) is 46.8 Å². The summed E-state index contributed by atoms with van der Waals surface area (Å²) in [5.74, 6) is 1.31. The first-order chi connectivity index (χ1) is 8.97. The third-order valence-corrected chi connectivity index (χ3v) is 3.65. The van der Waals surface area contributed by atoms with Gasteiger partial charge in [0.05, 0.1) is 19.1 Å². The molecule has 0 radical (unpaired) electrons. The summed E-state index contributed by atoms with van der Waals surface area (Å²) in [7, 11) is 3.71. The van der Waals surface area contributed by atoms with Crippen LogP contribution in [-0.2, 0) is 6.54 Å². The average molecular weight is 325 g/mol. The van der Waals surface area contributed by atoms with E-state index in [-0.39, 0.29) is 5.92 Å². The predicted octanol–water partition coefficient (Wildman–Crippen LogP) is 3.69. The lowest BCUT2D eigenvalue weighted by Crippen LogP contribution is -2.27. The van der Waals surface area contributed by atoms with E-state index in [1.807, 2.05) is 19.2 Å². The lowest BCUT2D eigenvalue weighted by Gasteiger charge is -2.23. The van der Waals surface area contributed by atoms with Crippen molar-refractivity contribution in [2.75, 3.05) is 20.7 Å². The highest BCUT2D eigenvalue weighted by Gasteiger charge is 2.16. The zero-order chi connectivity index (χ0) is 14.4. The second-order valence-electron chi connectivity index (χ2n) is 5.13. The zero-order valence-electron chi connectivity index (χ0n) is 12.0. The molecule has 0 saturated heterocycles. The SMILES string of the molecule is COc1ccc(Br)cc1CN(C)CC(C#N)C(C)C. The molecule has 104 valence electrons. The van der Waals surface area contributed by atoms with Crippen molar-refractivity contribution in [3.8, 4) is 11.8 Å². The Bertz CT molecular complexity index is 454. The van der Waals surface area contributed by atoms with Gasteiger partial charge < -0.3 is 9.64 Å². The fourth-order valence-corrected chi connectivity index (χ4v) is 2.37. The lowest BCUT2D eigenvalue weighted by molar-refractivity contribution is 0.261. The topological polar surface area (TPSA) is 36.3 Å². The van der Waals surface area contributed by atoms with Crippen LogP contribution in [0.15, 0.2) is 22.7 Å². The summed E-state index contributed by atoms with van der Waals surface area (Å²) >= 11 is 3.48. The summed E-state index contributed by atoms with van der Waals surface area (Å²) in [6.45, 7) is 5.71. The van der Waals surface area contributed by atoms with Gasteiger partial charge >= 0.3 is 0 Å². The molecular weight excluding hydrogens is 304 g/mol. The first kappa shape index (κ1) is 16.0. The molecule has 1 rings (SSSR count). The average Bonchev–Trinajstić information content (AvgIpc) is 2.35. The Morgan fingerprint density at radius 1 is 1.42 bits per heavy atom. The van der Waals surface area contributed by atoms with E-state index < -0.39 is 0 Å². The molecule has 0 amide bonds. The fraction of sp³-hybridized carbons (Fsp3) is 0.533. The van der Waals surface area contributed by atoms with Crippen molar-refractivity contribution in [3.05, 3.63) is 28.2 Å². The number of nitriles is 1. The largest absolute Gasteiger partial charge is 0.496 e. The van der Waals surface area contributed by atoms with E-state index in [0.717, 1.165) is 28.9 Å². The van der Waals surface area contributed by atoms with Crippen molar-refractivity contribution >= 4 is 15.9 Å². The molecule has 0 aliphatic heterocycles. The summed E-state index contributed by atoms with van der Waals surface area (Å²) in [5.41, 5.74) is 1.12. The van der Waals surface area contributed by atoms with Crippen molar-refractivity contribution in [2.45, 2.75) is 20.4 Å². The van der Waals surface area contributed by atoms with Crippen molar-refractivity contribution in [1.82, 2.24) is 4.90 Å². The number of benzene rings is 1. The molecule has 1 aromatic rings. The molecule has 4 heteroatoms. The Morgan fingerprint density at radius 3 is 2.63 bits per heavy atom. The molecule has 0 aliphatic rings. The van der Waals surface area contributed by atoms with Crippen LogP contribution >= 0.6 is 15.9 Å². The second kappa shape index (κ2) is 7.52. The molecule has 0 fully saturated rings. The van der Waals surface area contributed by atoms with Crippen LogP contribution in [0.1, 0.15) is 19.4 Å². The van der Waals surface area contributed by atoms with Gasteiger partial charge in [0.15, 0.2) is 0 Å². The molecule has 0 N–H and O–H groups in total. The zero-order valence-corrected chi connectivity index (χ0v) is 13.6. The summed E-state index contributed by atoms with van der Waals surface area (Å²) in [6, 6.07) is 8.36. The Kier molecular flexibility index (Phi) is 6.33. The van der Waals surface area contributed by atoms with Gasteiger partial charge in [-0.25, -0.2) is 0 Å². The van der Waals surface area contributed by atoms with Crippen LogP contribution < -0.4 is 4.74 Å². The molecule has 19 heavy (non-hydrogen) atoms. The summed E-state index contributed by atoms with van der Waals surface area (Å²) in [4.78, 5) is 2.16. The van der Waals surface area contributed by atoms with E-state index in [4.69, 9.17) is 10.00 Å². The summed E-state index contributed by atoms with van der Waals surface area (Å²) in [6.07, 6.45) is 0. The van der Waals surface area contributed by atoms with Crippen LogP contribution in [0.2, 0.25) is 0 Å². The molecule has 0 bridgehead atoms. The van der Waals surface area contributed by atoms with Crippen LogP contribution in [0.3, 0.4) is 0 Å². The van der Waals surface area contributed by atoms with Crippen molar-refractivity contribution < 1.29 is 4.74 Å². The van der Waals surface area contributed by atoms with Gasteiger partial charge in [0.2, 0.25) is 0 Å². The molecule has 0 spiro atoms. The van der Waals surface area contributed by atoms with Gasteiger partial charge in [-0.1, -0.05) is 29.8 Å². The molecular formula is C15H21BrN2O. The highest BCUT2D eigenvalue weighted by atomic mass is 79.9. The Balaban J connectivity index is 2.74. The first-order valence-electron chi connectivity index (χ1n) is 6.38. The maximum absolute atomic E-state index is 9.15. The smallest absolute Gasteiger partial charge is 0.123 e. The van der Waals surface area contributed by atoms with Crippen molar-refractivity contribution in [3.63, 3.8) is 0 Å². The molecule has 3 nitrogen and oxygen atoms in total. The Morgan fingerprint density at radius 2 is 2.11 bits per heavy atom. The first-order valence-corrected chi connectivity index (χ1v) is 7.17. The Labute approximate surface area is 124 Å². The monoisotopic (exact) mass is 324 g/mol. The van der Waals surface area contributed by atoms with Gasteiger partial charge in [0, 0.05) is 23.1 Å². The van der Waals surface area contributed by atoms with Gasteiger partial charge in [0.1, 0.15) is 5.75 Å². The predicted molar refractivity (Wildman–Crippen MR) is 81.0 cm³/mol. The van der Waals surface area contributed by atoms with E-state index in [9.17, 15) is 0 Å². The van der Waals surface area contributed by atoms with E-state index >= 15 is 0 Å². The van der Waals surface area contributed by atoms with Gasteiger partial charge in [0.25, 0.3) is 0 Å². The van der Waals surface area contributed by atoms with Crippen LogP contribution in [0.5, 0.6) is 5.75 Å². The molecule has 0 saturated carbocycles. The Hall–Kier alpha value is -1.05. The minimum Gasteiger partial charge on any atom is -0.496 e.